The molecular formula is C19H26O7. The van der Waals surface area contributed by atoms with Crippen LogP contribution >= 0.6 is 0 Å². The van der Waals surface area contributed by atoms with E-state index in [9.17, 15) is 14.4 Å². The van der Waals surface area contributed by atoms with Gasteiger partial charge in [0.2, 0.25) is 0 Å². The Hall–Kier alpha value is -2.57. The van der Waals surface area contributed by atoms with E-state index in [4.69, 9.17) is 18.9 Å². The Morgan fingerprint density at radius 1 is 1.08 bits per heavy atom. The fourth-order valence-corrected chi connectivity index (χ4v) is 2.28. The fraction of sp³-hybridized carbons (Fsp3) is 0.526. The molecule has 0 spiro atoms. The summed E-state index contributed by atoms with van der Waals surface area (Å²) in [5.74, 6) is -1.27. The molecule has 0 aliphatic rings. The summed E-state index contributed by atoms with van der Waals surface area (Å²) in [4.78, 5) is 35.0. The van der Waals surface area contributed by atoms with Crippen LogP contribution in [0.5, 0.6) is 11.5 Å². The maximum Gasteiger partial charge on any atom is 0.309 e. The van der Waals surface area contributed by atoms with E-state index in [-0.39, 0.29) is 31.3 Å². The van der Waals surface area contributed by atoms with Crippen LogP contribution < -0.4 is 9.47 Å². The molecule has 1 aromatic rings. The lowest BCUT2D eigenvalue weighted by Gasteiger charge is -2.18. The first-order chi connectivity index (χ1) is 12.3. The Bertz CT molecular complexity index is 637. The van der Waals surface area contributed by atoms with Crippen LogP contribution in [0, 0.1) is 11.8 Å². The zero-order valence-corrected chi connectivity index (χ0v) is 15.9. The minimum atomic E-state index is -0.539. The molecule has 0 saturated heterocycles. The molecule has 0 fully saturated rings. The van der Waals surface area contributed by atoms with E-state index in [1.165, 1.54) is 14.0 Å². The monoisotopic (exact) mass is 366 g/mol. The summed E-state index contributed by atoms with van der Waals surface area (Å²) >= 11 is 0. The van der Waals surface area contributed by atoms with Crippen LogP contribution in [-0.4, -0.2) is 31.6 Å². The van der Waals surface area contributed by atoms with Crippen LogP contribution in [0.4, 0.5) is 0 Å². The molecule has 0 saturated carbocycles. The molecule has 0 bridgehead atoms. The smallest absolute Gasteiger partial charge is 0.309 e. The zero-order chi connectivity index (χ0) is 19.7. The summed E-state index contributed by atoms with van der Waals surface area (Å²) in [6, 6.07) is 4.86. The van der Waals surface area contributed by atoms with Crippen LogP contribution in [0.1, 0.15) is 39.7 Å². The van der Waals surface area contributed by atoms with E-state index in [1.54, 1.807) is 25.1 Å². The highest BCUT2D eigenvalue weighted by Crippen LogP contribution is 2.28. The lowest BCUT2D eigenvalue weighted by molar-refractivity contribution is -0.157. The van der Waals surface area contributed by atoms with Gasteiger partial charge in [0.05, 0.1) is 26.1 Å². The Balaban J connectivity index is 2.68. The molecular weight excluding hydrogens is 340 g/mol. The number of carbonyl (C=O) groups excluding carboxylic acids is 3. The molecule has 144 valence electrons. The van der Waals surface area contributed by atoms with Crippen LogP contribution in [0.3, 0.4) is 0 Å². The van der Waals surface area contributed by atoms with Crippen LogP contribution in [0.2, 0.25) is 0 Å². The molecule has 0 aliphatic carbocycles. The Labute approximate surface area is 153 Å². The minimum Gasteiger partial charge on any atom is -0.493 e. The molecule has 0 heterocycles. The molecule has 0 aliphatic heterocycles. The van der Waals surface area contributed by atoms with Gasteiger partial charge in [-0.1, -0.05) is 19.9 Å². The predicted octanol–water partition coefficient (Wildman–Crippen LogP) is 2.89. The Morgan fingerprint density at radius 3 is 2.31 bits per heavy atom. The van der Waals surface area contributed by atoms with Gasteiger partial charge in [-0.25, -0.2) is 0 Å². The maximum atomic E-state index is 12.1. The quantitative estimate of drug-likeness (QED) is 0.490. The van der Waals surface area contributed by atoms with Gasteiger partial charge in [-0.15, -0.1) is 0 Å². The summed E-state index contributed by atoms with van der Waals surface area (Å²) < 4.78 is 20.4. The topological polar surface area (TPSA) is 88.1 Å². The average molecular weight is 366 g/mol. The third-order valence-corrected chi connectivity index (χ3v) is 3.66. The lowest BCUT2D eigenvalue weighted by atomic mass is 9.93. The van der Waals surface area contributed by atoms with Crippen LogP contribution in [-0.2, 0) is 30.5 Å². The van der Waals surface area contributed by atoms with Gasteiger partial charge >= 0.3 is 17.9 Å². The summed E-state index contributed by atoms with van der Waals surface area (Å²) in [6.07, 6.45) is -0.0425. The Kier molecular flexibility index (Phi) is 8.61. The normalized spacial score (nSPS) is 11.6. The zero-order valence-electron chi connectivity index (χ0n) is 15.9. The number of hydrogen-bond acceptors (Lipinski definition) is 7. The largest absolute Gasteiger partial charge is 0.493 e. The van der Waals surface area contributed by atoms with Gasteiger partial charge in [-0.2, -0.15) is 0 Å². The SMILES string of the molecule is CCOC(=O)[C@@H](CC(=O)OCc1ccc(OC(C)=O)c(OC)c1)C(C)C. The number of methoxy groups -OCH3 is 1. The van der Waals surface area contributed by atoms with Gasteiger partial charge in [-0.3, -0.25) is 14.4 Å². The van der Waals surface area contributed by atoms with Crippen molar-refractivity contribution in [3.8, 4) is 11.5 Å². The van der Waals surface area contributed by atoms with E-state index < -0.39 is 23.8 Å². The van der Waals surface area contributed by atoms with Crippen molar-refractivity contribution in [2.75, 3.05) is 13.7 Å². The second kappa shape index (κ2) is 10.4. The summed E-state index contributed by atoms with van der Waals surface area (Å²) in [5, 5.41) is 0. The van der Waals surface area contributed by atoms with Gasteiger partial charge in [0.15, 0.2) is 11.5 Å². The van der Waals surface area contributed by atoms with E-state index in [0.717, 1.165) is 0 Å². The van der Waals surface area contributed by atoms with Crippen molar-refractivity contribution >= 4 is 17.9 Å². The van der Waals surface area contributed by atoms with E-state index >= 15 is 0 Å². The lowest BCUT2D eigenvalue weighted by Crippen LogP contribution is -2.26. The van der Waals surface area contributed by atoms with E-state index in [1.807, 2.05) is 13.8 Å². The first-order valence-electron chi connectivity index (χ1n) is 8.46. The molecule has 7 nitrogen and oxygen atoms in total. The van der Waals surface area contributed by atoms with Crippen molar-refractivity contribution in [2.45, 2.75) is 40.7 Å². The summed E-state index contributed by atoms with van der Waals surface area (Å²) in [7, 11) is 1.45. The molecule has 0 radical (unpaired) electrons. The number of ether oxygens (including phenoxy) is 4. The van der Waals surface area contributed by atoms with E-state index in [2.05, 4.69) is 0 Å². The third kappa shape index (κ3) is 6.74. The van der Waals surface area contributed by atoms with Crippen molar-refractivity contribution in [3.63, 3.8) is 0 Å². The van der Waals surface area contributed by atoms with Gasteiger partial charge in [0.25, 0.3) is 0 Å². The van der Waals surface area contributed by atoms with Gasteiger partial charge < -0.3 is 18.9 Å². The number of carbonyl (C=O) groups is 3. The van der Waals surface area contributed by atoms with Crippen LogP contribution in [0.25, 0.3) is 0 Å². The van der Waals surface area contributed by atoms with Crippen LogP contribution in [0.15, 0.2) is 18.2 Å². The number of rotatable bonds is 9. The molecule has 0 amide bonds. The highest BCUT2D eigenvalue weighted by atomic mass is 16.6. The third-order valence-electron chi connectivity index (χ3n) is 3.66. The number of esters is 3. The van der Waals surface area contributed by atoms with Crippen molar-refractivity contribution in [2.24, 2.45) is 11.8 Å². The average Bonchev–Trinajstić information content (AvgIpc) is 2.58. The summed E-state index contributed by atoms with van der Waals surface area (Å²) in [5.41, 5.74) is 0.670. The highest BCUT2D eigenvalue weighted by Gasteiger charge is 2.27. The van der Waals surface area contributed by atoms with Crippen molar-refractivity contribution in [1.29, 1.82) is 0 Å². The predicted molar refractivity (Wildman–Crippen MR) is 93.7 cm³/mol. The van der Waals surface area contributed by atoms with Gasteiger partial charge in [0.1, 0.15) is 6.61 Å². The van der Waals surface area contributed by atoms with Gasteiger partial charge in [0, 0.05) is 6.92 Å². The standard InChI is InChI=1S/C19H26O7/c1-6-24-19(22)15(12(2)3)10-18(21)25-11-14-7-8-16(26-13(4)20)17(9-14)23-5/h7-9,12,15H,6,10-11H2,1-5H3/t15-/m0/s1. The molecule has 1 aromatic carbocycles. The molecule has 7 heteroatoms. The van der Waals surface area contributed by atoms with Gasteiger partial charge in [-0.05, 0) is 30.5 Å². The fourth-order valence-electron chi connectivity index (χ4n) is 2.28. The molecule has 0 unspecified atom stereocenters. The molecule has 0 N–H and O–H groups in total. The van der Waals surface area contributed by atoms with Crippen molar-refractivity contribution in [3.05, 3.63) is 23.8 Å². The van der Waals surface area contributed by atoms with Crippen molar-refractivity contribution < 1.29 is 33.3 Å². The molecule has 1 atom stereocenters. The summed E-state index contributed by atoms with van der Waals surface area (Å²) in [6.45, 7) is 7.01. The number of hydrogen-bond donors (Lipinski definition) is 0. The van der Waals surface area contributed by atoms with Crippen molar-refractivity contribution in [1.82, 2.24) is 0 Å². The number of benzene rings is 1. The molecule has 1 rings (SSSR count). The molecule has 26 heavy (non-hydrogen) atoms. The highest BCUT2D eigenvalue weighted by molar-refractivity contribution is 5.80. The second-order valence-electron chi connectivity index (χ2n) is 6.05. The first kappa shape index (κ1) is 21.5. The first-order valence-corrected chi connectivity index (χ1v) is 8.46. The Morgan fingerprint density at radius 2 is 1.77 bits per heavy atom. The second-order valence-corrected chi connectivity index (χ2v) is 6.05. The van der Waals surface area contributed by atoms with E-state index in [0.29, 0.717) is 11.3 Å². The minimum absolute atomic E-state index is 0.0170. The maximum absolute atomic E-state index is 12.1. The molecule has 0 aromatic heterocycles.